The van der Waals surface area contributed by atoms with Crippen LogP contribution in [0.4, 0.5) is 0 Å². The fourth-order valence-electron chi connectivity index (χ4n) is 1.35. The van der Waals surface area contributed by atoms with Gasteiger partial charge in [0.15, 0.2) is 11.5 Å². The van der Waals surface area contributed by atoms with Gasteiger partial charge in [0, 0.05) is 18.1 Å². The Morgan fingerprint density at radius 2 is 2.33 bits per heavy atom. The summed E-state index contributed by atoms with van der Waals surface area (Å²) in [4.78, 5) is 10.5. The average molecular weight is 246 g/mol. The van der Waals surface area contributed by atoms with Crippen LogP contribution >= 0.6 is 0 Å². The largest absolute Gasteiger partial charge is 0.493 e. The molecular weight excluding hydrogens is 232 g/mol. The molecule has 1 N–H and O–H groups in total. The molecule has 0 aromatic heterocycles. The molecule has 0 radical (unpaired) electrons. The van der Waals surface area contributed by atoms with Gasteiger partial charge in [-0.3, -0.25) is 0 Å². The quantitative estimate of drug-likeness (QED) is 0.475. The molecule has 0 spiro atoms. The molecular formula is C14H14O4. The number of carboxylic acid groups (broad SMARTS) is 1. The molecule has 0 unspecified atom stereocenters. The van der Waals surface area contributed by atoms with Crippen LogP contribution in [-0.2, 0) is 4.79 Å². The summed E-state index contributed by atoms with van der Waals surface area (Å²) >= 11 is 0. The van der Waals surface area contributed by atoms with E-state index in [1.54, 1.807) is 18.2 Å². The van der Waals surface area contributed by atoms with Crippen LogP contribution < -0.4 is 9.47 Å². The van der Waals surface area contributed by atoms with Crippen molar-refractivity contribution in [3.05, 3.63) is 29.8 Å². The third kappa shape index (κ3) is 3.87. The molecule has 0 amide bonds. The van der Waals surface area contributed by atoms with E-state index in [4.69, 9.17) is 21.0 Å². The van der Waals surface area contributed by atoms with Crippen molar-refractivity contribution in [3.8, 4) is 23.8 Å². The highest BCUT2D eigenvalue weighted by atomic mass is 16.5. The average Bonchev–Trinajstić information content (AvgIpc) is 2.37. The van der Waals surface area contributed by atoms with Gasteiger partial charge in [-0.15, -0.1) is 12.3 Å². The Morgan fingerprint density at radius 3 is 2.94 bits per heavy atom. The molecule has 1 rings (SSSR count). The van der Waals surface area contributed by atoms with Crippen LogP contribution in [0.25, 0.3) is 6.08 Å². The molecule has 1 aromatic carbocycles. The number of carbonyl (C=O) groups is 1. The summed E-state index contributed by atoms with van der Waals surface area (Å²) in [5.41, 5.74) is 0.633. The molecule has 4 nitrogen and oxygen atoms in total. The van der Waals surface area contributed by atoms with Gasteiger partial charge >= 0.3 is 5.97 Å². The zero-order valence-corrected chi connectivity index (χ0v) is 10.1. The molecule has 0 aliphatic heterocycles. The fraction of sp³-hybridized carbons (Fsp3) is 0.214. The molecule has 0 saturated carbocycles. The van der Waals surface area contributed by atoms with Crippen molar-refractivity contribution in [2.75, 3.05) is 13.7 Å². The predicted octanol–water partition coefficient (Wildman–Crippen LogP) is 2.20. The third-order valence-corrected chi connectivity index (χ3v) is 2.13. The second kappa shape index (κ2) is 7.02. The Bertz CT molecular complexity index is 483. The number of ether oxygens (including phenoxy) is 2. The van der Waals surface area contributed by atoms with E-state index in [0.717, 1.165) is 6.08 Å². The second-order valence-corrected chi connectivity index (χ2v) is 3.35. The van der Waals surface area contributed by atoms with E-state index >= 15 is 0 Å². The lowest BCUT2D eigenvalue weighted by Gasteiger charge is -2.12. The maximum atomic E-state index is 10.5. The molecule has 4 heteroatoms. The van der Waals surface area contributed by atoms with Crippen molar-refractivity contribution >= 4 is 12.0 Å². The van der Waals surface area contributed by atoms with Crippen molar-refractivity contribution in [1.29, 1.82) is 0 Å². The summed E-state index contributed by atoms with van der Waals surface area (Å²) in [6.45, 7) is 0.352. The normalized spacial score (nSPS) is 10.0. The number of methoxy groups -OCH3 is 1. The summed E-state index contributed by atoms with van der Waals surface area (Å²) in [6.07, 6.45) is 8.12. The van der Waals surface area contributed by atoms with Gasteiger partial charge in [0.05, 0.1) is 13.7 Å². The molecule has 94 valence electrons. The smallest absolute Gasteiger partial charge is 0.328 e. The zero-order valence-electron chi connectivity index (χ0n) is 10.1. The highest BCUT2D eigenvalue weighted by Gasteiger charge is 2.08. The molecule has 0 heterocycles. The molecule has 0 atom stereocenters. The molecule has 1 aromatic rings. The minimum Gasteiger partial charge on any atom is -0.493 e. The van der Waals surface area contributed by atoms with E-state index in [-0.39, 0.29) is 0 Å². The lowest BCUT2D eigenvalue weighted by atomic mass is 10.1. The number of rotatable bonds is 6. The first kappa shape index (κ1) is 13.7. The molecule has 0 saturated heterocycles. The van der Waals surface area contributed by atoms with Crippen molar-refractivity contribution in [1.82, 2.24) is 0 Å². The lowest BCUT2D eigenvalue weighted by molar-refractivity contribution is -0.131. The van der Waals surface area contributed by atoms with Crippen molar-refractivity contribution in [2.45, 2.75) is 6.42 Å². The number of carboxylic acids is 1. The fourth-order valence-corrected chi connectivity index (χ4v) is 1.35. The van der Waals surface area contributed by atoms with E-state index in [0.29, 0.717) is 30.1 Å². The molecule has 0 bridgehead atoms. The highest BCUT2D eigenvalue weighted by molar-refractivity contribution is 5.86. The Morgan fingerprint density at radius 1 is 1.56 bits per heavy atom. The first-order chi connectivity index (χ1) is 8.69. The molecule has 0 aliphatic carbocycles. The maximum absolute atomic E-state index is 10.5. The van der Waals surface area contributed by atoms with E-state index in [1.165, 1.54) is 13.2 Å². The highest BCUT2D eigenvalue weighted by Crippen LogP contribution is 2.32. The summed E-state index contributed by atoms with van der Waals surface area (Å²) < 4.78 is 10.7. The van der Waals surface area contributed by atoms with Gasteiger partial charge in [-0.1, -0.05) is 12.1 Å². The van der Waals surface area contributed by atoms with Gasteiger partial charge in [-0.05, 0) is 12.1 Å². The monoisotopic (exact) mass is 246 g/mol. The second-order valence-electron chi connectivity index (χ2n) is 3.35. The Kier molecular flexibility index (Phi) is 5.33. The number of para-hydroxylation sites is 1. The van der Waals surface area contributed by atoms with Crippen LogP contribution in [0, 0.1) is 12.3 Å². The third-order valence-electron chi connectivity index (χ3n) is 2.13. The van der Waals surface area contributed by atoms with Crippen molar-refractivity contribution in [3.63, 3.8) is 0 Å². The van der Waals surface area contributed by atoms with E-state index in [1.807, 2.05) is 0 Å². The number of hydrogen-bond donors (Lipinski definition) is 1. The van der Waals surface area contributed by atoms with Crippen LogP contribution in [0.1, 0.15) is 12.0 Å². The van der Waals surface area contributed by atoms with E-state index in [9.17, 15) is 4.79 Å². The van der Waals surface area contributed by atoms with Crippen LogP contribution in [-0.4, -0.2) is 24.8 Å². The van der Waals surface area contributed by atoms with Crippen LogP contribution in [0.2, 0.25) is 0 Å². The molecule has 18 heavy (non-hydrogen) atoms. The van der Waals surface area contributed by atoms with Crippen molar-refractivity contribution < 1.29 is 19.4 Å². The number of benzene rings is 1. The summed E-state index contributed by atoms with van der Waals surface area (Å²) in [7, 11) is 1.52. The Hall–Kier alpha value is -2.41. The summed E-state index contributed by atoms with van der Waals surface area (Å²) in [5.74, 6) is 2.48. The van der Waals surface area contributed by atoms with Crippen LogP contribution in [0.5, 0.6) is 11.5 Å². The van der Waals surface area contributed by atoms with Crippen LogP contribution in [0.15, 0.2) is 24.3 Å². The molecule has 0 fully saturated rings. The minimum absolute atomic E-state index is 0.352. The minimum atomic E-state index is -1.02. The maximum Gasteiger partial charge on any atom is 0.328 e. The van der Waals surface area contributed by atoms with E-state index < -0.39 is 5.97 Å². The van der Waals surface area contributed by atoms with E-state index in [2.05, 4.69) is 5.92 Å². The Labute approximate surface area is 106 Å². The Balaban J connectivity index is 3.00. The lowest BCUT2D eigenvalue weighted by Crippen LogP contribution is -2.00. The van der Waals surface area contributed by atoms with Gasteiger partial charge in [0.1, 0.15) is 0 Å². The van der Waals surface area contributed by atoms with Crippen molar-refractivity contribution in [2.24, 2.45) is 0 Å². The number of hydrogen-bond acceptors (Lipinski definition) is 3. The van der Waals surface area contributed by atoms with Gasteiger partial charge in [-0.25, -0.2) is 4.79 Å². The zero-order chi connectivity index (χ0) is 13.4. The van der Waals surface area contributed by atoms with Gasteiger partial charge in [0.2, 0.25) is 0 Å². The SMILES string of the molecule is C#CCCOc1c(/C=C/C(=O)O)cccc1OC. The number of terminal acetylenes is 1. The first-order valence-electron chi connectivity index (χ1n) is 5.33. The number of aliphatic carboxylic acids is 1. The summed E-state index contributed by atoms with van der Waals surface area (Å²) in [6, 6.07) is 5.24. The topological polar surface area (TPSA) is 55.8 Å². The van der Waals surface area contributed by atoms with Gasteiger partial charge < -0.3 is 14.6 Å². The van der Waals surface area contributed by atoms with Gasteiger partial charge in [0.25, 0.3) is 0 Å². The molecule has 0 aliphatic rings. The van der Waals surface area contributed by atoms with Gasteiger partial charge in [-0.2, -0.15) is 0 Å². The predicted molar refractivity (Wildman–Crippen MR) is 68.6 cm³/mol. The standard InChI is InChI=1S/C14H14O4/c1-3-4-10-18-14-11(8-9-13(15)16)6-5-7-12(14)17-2/h1,5-9H,4,10H2,2H3,(H,15,16)/b9-8+. The first-order valence-corrected chi connectivity index (χ1v) is 5.33. The van der Waals surface area contributed by atoms with Crippen LogP contribution in [0.3, 0.4) is 0 Å². The summed E-state index contributed by atoms with van der Waals surface area (Å²) in [5, 5.41) is 8.62.